The van der Waals surface area contributed by atoms with Gasteiger partial charge in [-0.05, 0) is 31.4 Å². The first kappa shape index (κ1) is 11.2. The highest BCUT2D eigenvalue weighted by atomic mass is 16.3. The van der Waals surface area contributed by atoms with Crippen molar-refractivity contribution in [3.05, 3.63) is 23.7 Å². The molecule has 3 N–H and O–H groups in total. The Hall–Kier alpha value is -1.29. The van der Waals surface area contributed by atoms with Crippen LogP contribution in [0.3, 0.4) is 0 Å². The average Bonchev–Trinajstić information content (AvgIpc) is 2.80. The number of nitrogens with two attached hydrogens (primary N) is 1. The van der Waals surface area contributed by atoms with Crippen molar-refractivity contribution in [2.24, 2.45) is 11.7 Å². The second-order valence-corrected chi connectivity index (χ2v) is 4.63. The first-order valence-electron chi connectivity index (χ1n) is 5.69. The molecule has 4 heteroatoms. The largest absolute Gasteiger partial charge is 0.464 e. The maximum absolute atomic E-state index is 10.8. The van der Waals surface area contributed by atoms with Crippen LogP contribution in [0, 0.1) is 5.92 Å². The van der Waals surface area contributed by atoms with Crippen molar-refractivity contribution in [2.45, 2.75) is 38.8 Å². The molecule has 2 unspecified atom stereocenters. The molecule has 1 aromatic rings. The second kappa shape index (κ2) is 4.29. The van der Waals surface area contributed by atoms with Gasteiger partial charge in [-0.25, -0.2) is 0 Å². The van der Waals surface area contributed by atoms with Gasteiger partial charge in [-0.3, -0.25) is 10.1 Å². The molecule has 88 valence electrons. The molecule has 0 radical (unpaired) electrons. The van der Waals surface area contributed by atoms with E-state index in [2.05, 4.69) is 12.2 Å². The standard InChI is InChI=1S/C12H18N2O2/c1-7-5-10(7)11-4-3-9(16-11)6-14-8(2)12(13)15/h3-4,7-8,10,14H,5-6H2,1-2H3,(H2,13,15)/t7?,8-,10?/m0/s1. The van der Waals surface area contributed by atoms with Crippen LogP contribution in [-0.2, 0) is 11.3 Å². The molecular formula is C12H18N2O2. The first-order valence-corrected chi connectivity index (χ1v) is 5.69. The monoisotopic (exact) mass is 222 g/mol. The highest BCUT2D eigenvalue weighted by molar-refractivity contribution is 5.79. The lowest BCUT2D eigenvalue weighted by Gasteiger charge is -2.07. The Morgan fingerprint density at radius 2 is 2.38 bits per heavy atom. The van der Waals surface area contributed by atoms with Crippen LogP contribution in [-0.4, -0.2) is 11.9 Å². The van der Waals surface area contributed by atoms with Gasteiger partial charge >= 0.3 is 0 Å². The highest BCUT2D eigenvalue weighted by Gasteiger charge is 2.36. The number of carbonyl (C=O) groups excluding carboxylic acids is 1. The number of nitrogens with one attached hydrogen (secondary N) is 1. The molecule has 4 nitrogen and oxygen atoms in total. The fourth-order valence-electron chi connectivity index (χ4n) is 1.76. The number of hydrogen-bond donors (Lipinski definition) is 2. The third kappa shape index (κ3) is 2.44. The lowest BCUT2D eigenvalue weighted by atomic mass is 10.3. The van der Waals surface area contributed by atoms with E-state index in [1.807, 2.05) is 12.1 Å². The van der Waals surface area contributed by atoms with Crippen LogP contribution >= 0.6 is 0 Å². The van der Waals surface area contributed by atoms with Crippen molar-refractivity contribution in [2.75, 3.05) is 0 Å². The molecule has 3 atom stereocenters. The quantitative estimate of drug-likeness (QED) is 0.790. The summed E-state index contributed by atoms with van der Waals surface area (Å²) in [4.78, 5) is 10.8. The third-order valence-electron chi connectivity index (χ3n) is 3.17. The van der Waals surface area contributed by atoms with Gasteiger partial charge in [0.15, 0.2) is 0 Å². The van der Waals surface area contributed by atoms with Crippen LogP contribution in [0.4, 0.5) is 0 Å². The second-order valence-electron chi connectivity index (χ2n) is 4.63. The Labute approximate surface area is 95.2 Å². The lowest BCUT2D eigenvalue weighted by molar-refractivity contribution is -0.119. The smallest absolute Gasteiger partial charge is 0.234 e. The molecule has 16 heavy (non-hydrogen) atoms. The molecule has 2 rings (SSSR count). The topological polar surface area (TPSA) is 68.3 Å². The Bertz CT molecular complexity index is 386. The third-order valence-corrected chi connectivity index (χ3v) is 3.17. The molecular weight excluding hydrogens is 204 g/mol. The minimum absolute atomic E-state index is 0.326. The minimum atomic E-state index is -0.345. The molecule has 1 aromatic heterocycles. The summed E-state index contributed by atoms with van der Waals surface area (Å²) in [6, 6.07) is 3.66. The van der Waals surface area contributed by atoms with E-state index in [1.165, 1.54) is 6.42 Å². The Balaban J connectivity index is 1.86. The normalized spacial score (nSPS) is 25.4. The zero-order valence-corrected chi connectivity index (χ0v) is 9.69. The van der Waals surface area contributed by atoms with E-state index in [-0.39, 0.29) is 11.9 Å². The fraction of sp³-hybridized carbons (Fsp3) is 0.583. The fourth-order valence-corrected chi connectivity index (χ4v) is 1.76. The zero-order valence-electron chi connectivity index (χ0n) is 9.69. The number of rotatable bonds is 5. The van der Waals surface area contributed by atoms with Gasteiger partial charge in [0, 0.05) is 5.92 Å². The summed E-state index contributed by atoms with van der Waals surface area (Å²) in [7, 11) is 0. The summed E-state index contributed by atoms with van der Waals surface area (Å²) in [5.74, 6) is 2.93. The molecule has 1 heterocycles. The van der Waals surface area contributed by atoms with Crippen molar-refractivity contribution in [3.8, 4) is 0 Å². The van der Waals surface area contributed by atoms with Crippen LogP contribution < -0.4 is 11.1 Å². The van der Waals surface area contributed by atoms with Crippen molar-refractivity contribution < 1.29 is 9.21 Å². The number of hydrogen-bond acceptors (Lipinski definition) is 3. The van der Waals surface area contributed by atoms with E-state index in [0.717, 1.165) is 17.4 Å². The molecule has 1 saturated carbocycles. The molecule has 0 saturated heterocycles. The van der Waals surface area contributed by atoms with E-state index in [0.29, 0.717) is 12.5 Å². The summed E-state index contributed by atoms with van der Waals surface area (Å²) in [6.45, 7) is 4.51. The average molecular weight is 222 g/mol. The molecule has 1 fully saturated rings. The summed E-state index contributed by atoms with van der Waals surface area (Å²) < 4.78 is 5.69. The molecule has 1 amide bonds. The number of furan rings is 1. The minimum Gasteiger partial charge on any atom is -0.464 e. The maximum atomic E-state index is 10.8. The van der Waals surface area contributed by atoms with Crippen molar-refractivity contribution in [3.63, 3.8) is 0 Å². The Morgan fingerprint density at radius 3 is 2.94 bits per heavy atom. The molecule has 0 spiro atoms. The predicted molar refractivity (Wildman–Crippen MR) is 60.7 cm³/mol. The SMILES string of the molecule is CC1CC1c1ccc(CN[C@@H](C)C(N)=O)o1. The van der Waals surface area contributed by atoms with Crippen LogP contribution in [0.5, 0.6) is 0 Å². The van der Waals surface area contributed by atoms with Crippen LogP contribution in [0.2, 0.25) is 0 Å². The number of carbonyl (C=O) groups is 1. The molecule has 0 aromatic carbocycles. The van der Waals surface area contributed by atoms with E-state index >= 15 is 0 Å². The molecule has 0 bridgehead atoms. The van der Waals surface area contributed by atoms with Crippen molar-refractivity contribution in [1.29, 1.82) is 0 Å². The van der Waals surface area contributed by atoms with Gasteiger partial charge in [0.05, 0.1) is 12.6 Å². The summed E-state index contributed by atoms with van der Waals surface area (Å²) >= 11 is 0. The number of primary amides is 1. The molecule has 1 aliphatic rings. The summed E-state index contributed by atoms with van der Waals surface area (Å²) in [5, 5.41) is 3.01. The van der Waals surface area contributed by atoms with Crippen molar-refractivity contribution in [1.82, 2.24) is 5.32 Å². The van der Waals surface area contributed by atoms with Gasteiger partial charge in [-0.2, -0.15) is 0 Å². The van der Waals surface area contributed by atoms with Gasteiger partial charge in [-0.1, -0.05) is 6.92 Å². The van der Waals surface area contributed by atoms with Gasteiger partial charge in [0.2, 0.25) is 5.91 Å². The number of amides is 1. The Morgan fingerprint density at radius 1 is 1.69 bits per heavy atom. The van der Waals surface area contributed by atoms with Crippen LogP contribution in [0.25, 0.3) is 0 Å². The van der Waals surface area contributed by atoms with E-state index in [9.17, 15) is 4.79 Å². The Kier molecular flexibility index (Phi) is 3.01. The van der Waals surface area contributed by atoms with E-state index in [4.69, 9.17) is 10.2 Å². The van der Waals surface area contributed by atoms with E-state index in [1.54, 1.807) is 6.92 Å². The van der Waals surface area contributed by atoms with Crippen molar-refractivity contribution >= 4 is 5.91 Å². The summed E-state index contributed by atoms with van der Waals surface area (Å²) in [5.41, 5.74) is 5.15. The highest BCUT2D eigenvalue weighted by Crippen LogP contribution is 2.47. The van der Waals surface area contributed by atoms with E-state index < -0.39 is 0 Å². The van der Waals surface area contributed by atoms with Crippen LogP contribution in [0.1, 0.15) is 37.7 Å². The predicted octanol–water partition coefficient (Wildman–Crippen LogP) is 1.37. The van der Waals surface area contributed by atoms with Gasteiger partial charge < -0.3 is 10.2 Å². The molecule has 1 aliphatic carbocycles. The van der Waals surface area contributed by atoms with Gasteiger partial charge in [-0.15, -0.1) is 0 Å². The first-order chi connectivity index (χ1) is 7.58. The summed E-state index contributed by atoms with van der Waals surface area (Å²) in [6.07, 6.45) is 1.22. The zero-order chi connectivity index (χ0) is 11.7. The lowest BCUT2D eigenvalue weighted by Crippen LogP contribution is -2.38. The van der Waals surface area contributed by atoms with Gasteiger partial charge in [0.25, 0.3) is 0 Å². The molecule has 0 aliphatic heterocycles. The van der Waals surface area contributed by atoms with Crippen LogP contribution in [0.15, 0.2) is 16.5 Å². The van der Waals surface area contributed by atoms with Gasteiger partial charge in [0.1, 0.15) is 11.5 Å². The maximum Gasteiger partial charge on any atom is 0.234 e.